The number of sulfonamides is 1. The maximum atomic E-state index is 13.2. The number of hydrogen-bond donors (Lipinski definition) is 1. The minimum atomic E-state index is -4.10. The van der Waals surface area contributed by atoms with Crippen LogP contribution in [0.25, 0.3) is 0 Å². The topological polar surface area (TPSA) is 105 Å². The lowest BCUT2D eigenvalue weighted by atomic mass is 10.2. The van der Waals surface area contributed by atoms with Gasteiger partial charge >= 0.3 is 0 Å². The Hall–Kier alpha value is -2.86. The van der Waals surface area contributed by atoms with Gasteiger partial charge in [0.2, 0.25) is 11.8 Å². The third kappa shape index (κ3) is 5.44. The summed E-state index contributed by atoms with van der Waals surface area (Å²) in [4.78, 5) is 27.1. The number of hydrogen-bond acceptors (Lipinski definition) is 7. The van der Waals surface area contributed by atoms with Gasteiger partial charge in [-0.15, -0.1) is 15.7 Å². The van der Waals surface area contributed by atoms with Gasteiger partial charge in [-0.3, -0.25) is 14.5 Å². The van der Waals surface area contributed by atoms with Gasteiger partial charge in [0, 0.05) is 12.1 Å². The van der Waals surface area contributed by atoms with Crippen molar-refractivity contribution in [2.45, 2.75) is 15.9 Å². The van der Waals surface area contributed by atoms with Crippen molar-refractivity contribution in [3.63, 3.8) is 0 Å². The molecule has 4 rings (SSSR count). The van der Waals surface area contributed by atoms with E-state index in [1.807, 2.05) is 0 Å². The SMILES string of the molecule is COc1ccc(NC(=O)C[C@H]2SC(=NS(=O)(=O)c3ccc(Cl)s3)N(c3ccccc3)C2=O)cc1. The molecular weight excluding hydrogens is 518 g/mol. The van der Waals surface area contributed by atoms with E-state index in [4.69, 9.17) is 16.3 Å². The number of thiophene rings is 1. The molecule has 2 amide bonds. The highest BCUT2D eigenvalue weighted by Crippen LogP contribution is 2.36. The average Bonchev–Trinajstić information content (AvgIpc) is 3.38. The van der Waals surface area contributed by atoms with Crippen LogP contribution in [0.1, 0.15) is 6.42 Å². The number of rotatable bonds is 7. The highest BCUT2D eigenvalue weighted by Gasteiger charge is 2.41. The molecule has 0 spiro atoms. The second-order valence-corrected chi connectivity index (χ2v) is 11.7. The molecule has 8 nitrogen and oxygen atoms in total. The van der Waals surface area contributed by atoms with Crippen LogP contribution in [0.5, 0.6) is 5.75 Å². The van der Waals surface area contributed by atoms with Crippen molar-refractivity contribution in [2.75, 3.05) is 17.3 Å². The number of methoxy groups -OCH3 is 1. The Kier molecular flexibility index (Phi) is 7.27. The van der Waals surface area contributed by atoms with Crippen LogP contribution in [-0.4, -0.2) is 37.8 Å². The summed E-state index contributed by atoms with van der Waals surface area (Å²) in [5, 5.41) is 1.86. The van der Waals surface area contributed by atoms with Gasteiger partial charge < -0.3 is 10.1 Å². The van der Waals surface area contributed by atoms with Crippen LogP contribution < -0.4 is 15.0 Å². The molecular formula is C22H18ClN3O5S3. The number of para-hydroxylation sites is 1. The summed E-state index contributed by atoms with van der Waals surface area (Å²) < 4.78 is 35.0. The summed E-state index contributed by atoms with van der Waals surface area (Å²) in [6.07, 6.45) is -0.164. The van der Waals surface area contributed by atoms with Crippen LogP contribution in [0.2, 0.25) is 4.34 Å². The number of carbonyl (C=O) groups is 2. The van der Waals surface area contributed by atoms with Gasteiger partial charge in [0.25, 0.3) is 10.0 Å². The van der Waals surface area contributed by atoms with Crippen molar-refractivity contribution in [2.24, 2.45) is 4.40 Å². The van der Waals surface area contributed by atoms with Crippen molar-refractivity contribution < 1.29 is 22.7 Å². The van der Waals surface area contributed by atoms with E-state index in [-0.39, 0.29) is 15.8 Å². The van der Waals surface area contributed by atoms with Crippen molar-refractivity contribution in [1.82, 2.24) is 0 Å². The van der Waals surface area contributed by atoms with E-state index in [1.54, 1.807) is 61.7 Å². The number of amides is 2. The lowest BCUT2D eigenvalue weighted by Crippen LogP contribution is -2.33. The van der Waals surface area contributed by atoms with E-state index in [9.17, 15) is 18.0 Å². The first kappa shape index (κ1) is 24.3. The smallest absolute Gasteiger partial charge is 0.294 e. The van der Waals surface area contributed by atoms with Crippen molar-refractivity contribution >= 4 is 73.1 Å². The Balaban J connectivity index is 1.58. The number of carbonyl (C=O) groups excluding carboxylic acids is 2. The number of nitrogens with zero attached hydrogens (tertiary/aromatic N) is 2. The Bertz CT molecular complexity index is 1340. The van der Waals surface area contributed by atoms with E-state index in [0.29, 0.717) is 21.5 Å². The van der Waals surface area contributed by atoms with Gasteiger partial charge in [0.15, 0.2) is 5.17 Å². The molecule has 1 N–H and O–H groups in total. The van der Waals surface area contributed by atoms with Gasteiger partial charge in [-0.05, 0) is 48.5 Å². The second kappa shape index (κ2) is 10.2. The summed E-state index contributed by atoms with van der Waals surface area (Å²) >= 11 is 7.69. The molecule has 0 radical (unpaired) electrons. The Morgan fingerprint density at radius 3 is 2.44 bits per heavy atom. The first-order chi connectivity index (χ1) is 16.3. The zero-order chi connectivity index (χ0) is 24.3. The predicted molar refractivity (Wildman–Crippen MR) is 135 cm³/mol. The minimum Gasteiger partial charge on any atom is -0.497 e. The Labute approximate surface area is 209 Å². The molecule has 1 aliphatic rings. The maximum absolute atomic E-state index is 13.2. The summed E-state index contributed by atoms with van der Waals surface area (Å²) in [6.45, 7) is 0. The third-order valence-corrected chi connectivity index (χ3v) is 8.91. The molecule has 1 aliphatic heterocycles. The van der Waals surface area contributed by atoms with E-state index in [1.165, 1.54) is 17.0 Å². The molecule has 2 aromatic carbocycles. The Morgan fingerprint density at radius 1 is 1.12 bits per heavy atom. The Morgan fingerprint density at radius 2 is 1.82 bits per heavy atom. The number of nitrogens with one attached hydrogen (secondary N) is 1. The second-order valence-electron chi connectivity index (χ2n) is 7.00. The molecule has 0 bridgehead atoms. The van der Waals surface area contributed by atoms with Crippen LogP contribution in [0, 0.1) is 0 Å². The molecule has 176 valence electrons. The van der Waals surface area contributed by atoms with E-state index in [0.717, 1.165) is 23.1 Å². The fourth-order valence-corrected chi connectivity index (χ4v) is 6.91. The molecule has 1 saturated heterocycles. The molecule has 1 aromatic heterocycles. The number of benzene rings is 2. The van der Waals surface area contributed by atoms with Gasteiger partial charge in [0.1, 0.15) is 15.2 Å². The maximum Gasteiger partial charge on any atom is 0.294 e. The molecule has 3 aromatic rings. The van der Waals surface area contributed by atoms with Crippen LogP contribution in [0.15, 0.2) is 75.3 Å². The summed E-state index contributed by atoms with van der Waals surface area (Å²) in [7, 11) is -2.56. The van der Waals surface area contributed by atoms with Crippen LogP contribution in [-0.2, 0) is 19.6 Å². The molecule has 0 aliphatic carbocycles. The van der Waals surface area contributed by atoms with Gasteiger partial charge in [-0.2, -0.15) is 8.42 Å². The summed E-state index contributed by atoms with van der Waals surface area (Å²) in [5.41, 5.74) is 1.00. The third-order valence-electron chi connectivity index (χ3n) is 4.69. The quantitative estimate of drug-likeness (QED) is 0.473. The zero-order valence-corrected chi connectivity index (χ0v) is 20.9. The molecule has 1 fully saturated rings. The number of ether oxygens (including phenoxy) is 1. The highest BCUT2D eigenvalue weighted by atomic mass is 35.5. The number of thioether (sulfide) groups is 1. The highest BCUT2D eigenvalue weighted by molar-refractivity contribution is 8.16. The fourth-order valence-electron chi connectivity index (χ4n) is 3.11. The van der Waals surface area contributed by atoms with E-state index >= 15 is 0 Å². The van der Waals surface area contributed by atoms with Crippen molar-refractivity contribution in [3.8, 4) is 5.75 Å². The lowest BCUT2D eigenvalue weighted by molar-refractivity contribution is -0.121. The van der Waals surface area contributed by atoms with E-state index < -0.39 is 27.1 Å². The first-order valence-electron chi connectivity index (χ1n) is 9.87. The molecule has 2 heterocycles. The first-order valence-corrected chi connectivity index (χ1v) is 13.4. The van der Waals surface area contributed by atoms with Gasteiger partial charge in [-0.25, -0.2) is 0 Å². The van der Waals surface area contributed by atoms with Crippen LogP contribution in [0.4, 0.5) is 11.4 Å². The molecule has 0 saturated carbocycles. The summed E-state index contributed by atoms with van der Waals surface area (Å²) in [6, 6.07) is 18.2. The fraction of sp³-hybridized carbons (Fsp3) is 0.136. The minimum absolute atomic E-state index is 0.0250. The van der Waals surface area contributed by atoms with Crippen LogP contribution >= 0.6 is 34.7 Å². The monoisotopic (exact) mass is 535 g/mol. The van der Waals surface area contributed by atoms with Crippen LogP contribution in [0.3, 0.4) is 0 Å². The lowest BCUT2D eigenvalue weighted by Gasteiger charge is -2.16. The largest absolute Gasteiger partial charge is 0.497 e. The zero-order valence-electron chi connectivity index (χ0n) is 17.7. The van der Waals surface area contributed by atoms with E-state index in [2.05, 4.69) is 9.71 Å². The molecule has 0 unspecified atom stereocenters. The standard InChI is InChI=1S/C22H18ClN3O5S3/c1-31-16-9-7-14(8-10-16)24-19(27)13-17-21(28)26(15-5-3-2-4-6-15)22(32-17)25-34(29,30)20-12-11-18(23)33-20/h2-12,17H,13H2,1H3,(H,24,27)/t17-/m1/s1. The molecule has 12 heteroatoms. The number of halogens is 1. The van der Waals surface area contributed by atoms with Gasteiger partial charge in [0.05, 0.1) is 17.1 Å². The summed E-state index contributed by atoms with van der Waals surface area (Å²) in [5.74, 6) is -0.176. The molecule has 34 heavy (non-hydrogen) atoms. The normalized spacial score (nSPS) is 17.2. The number of amidine groups is 1. The van der Waals surface area contributed by atoms with Crippen molar-refractivity contribution in [3.05, 3.63) is 71.1 Å². The van der Waals surface area contributed by atoms with Gasteiger partial charge in [-0.1, -0.05) is 41.6 Å². The molecule has 1 atom stereocenters. The predicted octanol–water partition coefficient (Wildman–Crippen LogP) is 4.63. The number of anilines is 2. The van der Waals surface area contributed by atoms with Crippen molar-refractivity contribution in [1.29, 1.82) is 0 Å². The average molecular weight is 536 g/mol.